The Morgan fingerprint density at radius 3 is 2.71 bits per heavy atom. The molecule has 52 heavy (non-hydrogen) atoms. The van der Waals surface area contributed by atoms with Crippen LogP contribution in [0.4, 0.5) is 5.69 Å². The van der Waals surface area contributed by atoms with Gasteiger partial charge in [0.2, 0.25) is 15.9 Å². The van der Waals surface area contributed by atoms with E-state index in [-0.39, 0.29) is 23.3 Å². The maximum absolute atomic E-state index is 14.4. The van der Waals surface area contributed by atoms with Gasteiger partial charge in [0.15, 0.2) is 0 Å². The first-order valence-electron chi connectivity index (χ1n) is 18.8. The van der Waals surface area contributed by atoms with Crippen LogP contribution in [0.5, 0.6) is 5.75 Å². The molecule has 2 fully saturated rings. The van der Waals surface area contributed by atoms with Crippen molar-refractivity contribution in [1.29, 1.82) is 0 Å². The highest BCUT2D eigenvalue weighted by molar-refractivity contribution is 14.1. The Morgan fingerprint density at radius 2 is 1.94 bits per heavy atom. The fourth-order valence-corrected chi connectivity index (χ4v) is 9.91. The molecule has 3 heterocycles. The van der Waals surface area contributed by atoms with Gasteiger partial charge in [0.25, 0.3) is 0 Å². The second kappa shape index (κ2) is 17.2. The number of carbonyl (C=O) groups excluding carboxylic acids is 1. The fourth-order valence-electron chi connectivity index (χ4n) is 8.49. The first-order valence-corrected chi connectivity index (χ1v) is 21.9. The SMILES string of the molecule is C[C@H]([C@@H](C)C/C=C/C(C(=O)N(C)CCN1CCOCC1)N1CCC[C@H]1CN1C[C@@]2(CCCc3cc(Cl)ccc32)COc2ccc(I)cc21)S(N)(=O)=O. The van der Waals surface area contributed by atoms with E-state index >= 15 is 0 Å². The molecule has 0 aromatic heterocycles. The summed E-state index contributed by atoms with van der Waals surface area (Å²) < 4.78 is 37.6. The fraction of sp³-hybridized carbons (Fsp3) is 0.615. The maximum Gasteiger partial charge on any atom is 0.243 e. The molecule has 2 saturated heterocycles. The molecule has 286 valence electrons. The number of hydrogen-bond acceptors (Lipinski definition) is 8. The van der Waals surface area contributed by atoms with Crippen LogP contribution in [0.1, 0.15) is 57.1 Å². The molecule has 13 heteroatoms. The standard InChI is InChI=1S/C39H55ClIN5O5S/c1-28(29(2)52(42,48)49)7-4-10-35(38(47)43(3)17-18-44-19-21-50-22-20-44)46-16-6-9-33(46)25-45-26-39(27-51-37-14-12-32(41)24-36(37)45)15-5-8-30-23-31(40)11-13-34(30)39/h4,10-14,23-24,28-29,33,35H,5-9,15-22,25-27H2,1-3H3,(H2,42,48,49)/b10-4+/t28-,29+,33-,35?,39-/m0/s1. The Morgan fingerprint density at radius 1 is 1.15 bits per heavy atom. The number of primary sulfonamides is 1. The van der Waals surface area contributed by atoms with Crippen molar-refractivity contribution >= 4 is 55.8 Å². The minimum Gasteiger partial charge on any atom is -0.490 e. The van der Waals surface area contributed by atoms with Gasteiger partial charge in [-0.15, -0.1) is 0 Å². The molecule has 0 saturated carbocycles. The van der Waals surface area contributed by atoms with Crippen LogP contribution < -0.4 is 14.8 Å². The van der Waals surface area contributed by atoms with Crippen LogP contribution in [-0.4, -0.2) is 119 Å². The molecule has 2 aromatic carbocycles. The van der Waals surface area contributed by atoms with E-state index in [0.717, 1.165) is 105 Å². The van der Waals surface area contributed by atoms with Gasteiger partial charge in [-0.1, -0.05) is 36.7 Å². The normalized spacial score (nSPS) is 24.6. The van der Waals surface area contributed by atoms with Crippen LogP contribution in [0.3, 0.4) is 0 Å². The van der Waals surface area contributed by atoms with E-state index in [1.807, 2.05) is 37.1 Å². The number of carbonyl (C=O) groups is 1. The Kier molecular flexibility index (Phi) is 13.2. The lowest BCUT2D eigenvalue weighted by atomic mass is 9.70. The zero-order valence-corrected chi connectivity index (χ0v) is 34.5. The molecule has 0 radical (unpaired) electrons. The number of nitrogens with zero attached hydrogens (tertiary/aromatic N) is 4. The smallest absolute Gasteiger partial charge is 0.243 e. The first-order chi connectivity index (χ1) is 24.8. The lowest BCUT2D eigenvalue weighted by Crippen LogP contribution is -2.54. The molecule has 5 atom stereocenters. The molecule has 4 aliphatic rings. The highest BCUT2D eigenvalue weighted by atomic mass is 127. The predicted octanol–water partition coefficient (Wildman–Crippen LogP) is 5.30. The summed E-state index contributed by atoms with van der Waals surface area (Å²) >= 11 is 8.87. The summed E-state index contributed by atoms with van der Waals surface area (Å²) in [6.45, 7) is 11.2. The molecule has 0 bridgehead atoms. The Balaban J connectivity index is 1.28. The number of likely N-dealkylation sites (N-methyl/N-ethyl adjacent to an activating group) is 1. The molecule has 10 nitrogen and oxygen atoms in total. The lowest BCUT2D eigenvalue weighted by Gasteiger charge is -2.42. The molecule has 1 spiro atoms. The predicted molar refractivity (Wildman–Crippen MR) is 217 cm³/mol. The third kappa shape index (κ3) is 9.29. The van der Waals surface area contributed by atoms with Gasteiger partial charge < -0.3 is 19.3 Å². The van der Waals surface area contributed by atoms with E-state index in [1.54, 1.807) is 6.92 Å². The third-order valence-corrected chi connectivity index (χ3v) is 14.2. The topological polar surface area (TPSA) is 109 Å². The molecule has 1 unspecified atom stereocenters. The zero-order chi connectivity index (χ0) is 37.0. The number of benzene rings is 2. The van der Waals surface area contributed by atoms with Crippen molar-refractivity contribution in [1.82, 2.24) is 14.7 Å². The molecule has 2 N–H and O–H groups in total. The Labute approximate surface area is 329 Å². The van der Waals surface area contributed by atoms with E-state index in [2.05, 4.69) is 67.6 Å². The largest absolute Gasteiger partial charge is 0.490 e. The van der Waals surface area contributed by atoms with E-state index in [0.29, 0.717) is 19.6 Å². The number of ether oxygens (including phenoxy) is 2. The summed E-state index contributed by atoms with van der Waals surface area (Å²) in [7, 11) is -1.76. The van der Waals surface area contributed by atoms with Gasteiger partial charge >= 0.3 is 0 Å². The van der Waals surface area contributed by atoms with E-state index in [4.69, 9.17) is 26.2 Å². The summed E-state index contributed by atoms with van der Waals surface area (Å²) in [4.78, 5) is 23.6. The number of rotatable bonds is 12. The first kappa shape index (κ1) is 39.7. The van der Waals surface area contributed by atoms with E-state index in [1.165, 1.54) is 11.1 Å². The van der Waals surface area contributed by atoms with Crippen molar-refractivity contribution in [3.63, 3.8) is 0 Å². The summed E-state index contributed by atoms with van der Waals surface area (Å²) in [5.41, 5.74) is 3.56. The summed E-state index contributed by atoms with van der Waals surface area (Å²) in [6, 6.07) is 12.5. The number of sulfonamides is 1. The quantitative estimate of drug-likeness (QED) is 0.227. The summed E-state index contributed by atoms with van der Waals surface area (Å²) in [5.74, 6) is 0.777. The van der Waals surface area contributed by atoms with Crippen LogP contribution in [0, 0.1) is 9.49 Å². The molecular formula is C39H55ClIN5O5S. The molecule has 1 aliphatic carbocycles. The van der Waals surface area contributed by atoms with Crippen LogP contribution in [0.2, 0.25) is 5.02 Å². The average molecular weight is 868 g/mol. The van der Waals surface area contributed by atoms with Gasteiger partial charge in [-0.05, 0) is 122 Å². The number of allylic oxidation sites excluding steroid dienone is 1. The zero-order valence-electron chi connectivity index (χ0n) is 30.8. The average Bonchev–Trinajstić information content (AvgIpc) is 3.52. The molecule has 3 aliphatic heterocycles. The van der Waals surface area contributed by atoms with E-state index in [9.17, 15) is 13.2 Å². The van der Waals surface area contributed by atoms with Gasteiger partial charge in [0.05, 0.1) is 30.8 Å². The number of aryl methyl sites for hydroxylation is 1. The third-order valence-electron chi connectivity index (χ3n) is 11.8. The van der Waals surface area contributed by atoms with Crippen LogP contribution in [0.15, 0.2) is 48.6 Å². The number of morpholine rings is 1. The van der Waals surface area contributed by atoms with Crippen LogP contribution in [0.25, 0.3) is 0 Å². The van der Waals surface area contributed by atoms with Crippen molar-refractivity contribution < 1.29 is 22.7 Å². The number of hydrogen-bond donors (Lipinski definition) is 1. The maximum atomic E-state index is 14.4. The van der Waals surface area contributed by atoms with Gasteiger partial charge in [-0.2, -0.15) is 0 Å². The second-order valence-corrected chi connectivity index (χ2v) is 18.9. The molecule has 6 rings (SSSR count). The van der Waals surface area contributed by atoms with Crippen molar-refractivity contribution in [2.75, 3.05) is 77.6 Å². The summed E-state index contributed by atoms with van der Waals surface area (Å²) in [6.07, 6.45) is 9.62. The molecular weight excluding hydrogens is 813 g/mol. The minimum absolute atomic E-state index is 0.0623. The molecule has 2 aromatic rings. The van der Waals surface area contributed by atoms with Gasteiger partial charge in [-0.25, -0.2) is 13.6 Å². The van der Waals surface area contributed by atoms with Crippen molar-refractivity contribution in [3.05, 3.63) is 68.3 Å². The monoisotopic (exact) mass is 867 g/mol. The highest BCUT2D eigenvalue weighted by Crippen LogP contribution is 2.45. The van der Waals surface area contributed by atoms with E-state index < -0.39 is 21.3 Å². The number of amides is 1. The minimum atomic E-state index is -3.66. The molecule has 1 amide bonds. The van der Waals surface area contributed by atoms with Gasteiger partial charge in [0.1, 0.15) is 11.8 Å². The highest BCUT2D eigenvalue weighted by Gasteiger charge is 2.43. The number of anilines is 1. The summed E-state index contributed by atoms with van der Waals surface area (Å²) in [5, 5.41) is 5.58. The Bertz CT molecular complexity index is 1710. The van der Waals surface area contributed by atoms with Crippen molar-refractivity contribution in [2.45, 2.75) is 75.1 Å². The lowest BCUT2D eigenvalue weighted by molar-refractivity contribution is -0.134. The van der Waals surface area contributed by atoms with Gasteiger partial charge in [-0.3, -0.25) is 14.6 Å². The van der Waals surface area contributed by atoms with Gasteiger partial charge in [0, 0.05) is 66.4 Å². The number of fused-ring (bicyclic) bond motifs is 3. The number of likely N-dealkylation sites (tertiary alicyclic amines) is 1. The van der Waals surface area contributed by atoms with Crippen LogP contribution >= 0.6 is 34.2 Å². The Hall–Kier alpha value is -1.94. The second-order valence-electron chi connectivity index (χ2n) is 15.3. The van der Waals surface area contributed by atoms with Crippen LogP contribution in [-0.2, 0) is 31.4 Å². The number of nitrogens with two attached hydrogens (primary N) is 1. The number of halogens is 2. The van der Waals surface area contributed by atoms with Crippen molar-refractivity contribution in [2.24, 2.45) is 11.1 Å². The van der Waals surface area contributed by atoms with Crippen molar-refractivity contribution in [3.8, 4) is 5.75 Å².